The van der Waals surface area contributed by atoms with E-state index in [9.17, 15) is 13.2 Å². The molecule has 26 heavy (non-hydrogen) atoms. The summed E-state index contributed by atoms with van der Waals surface area (Å²) in [5.41, 5.74) is 1.05. The number of ether oxygens (including phenoxy) is 1. The van der Waals surface area contributed by atoms with E-state index in [-0.39, 0.29) is 10.8 Å². The Kier molecular flexibility index (Phi) is 6.32. The minimum absolute atomic E-state index is 0.200. The van der Waals surface area contributed by atoms with Crippen LogP contribution >= 0.6 is 0 Å². The number of benzene rings is 1. The third kappa shape index (κ3) is 4.45. The van der Waals surface area contributed by atoms with Crippen LogP contribution in [0.15, 0.2) is 23.1 Å². The number of hydrogen-bond donors (Lipinski definition) is 1. The van der Waals surface area contributed by atoms with Gasteiger partial charge in [0.15, 0.2) is 0 Å². The van der Waals surface area contributed by atoms with Gasteiger partial charge in [0.25, 0.3) is 5.91 Å². The largest absolute Gasteiger partial charge is 0.379 e. The van der Waals surface area contributed by atoms with Gasteiger partial charge in [-0.3, -0.25) is 4.79 Å². The van der Waals surface area contributed by atoms with Crippen LogP contribution in [-0.2, 0) is 14.8 Å². The molecule has 1 heterocycles. The van der Waals surface area contributed by atoms with Gasteiger partial charge in [-0.05, 0) is 43.4 Å². The van der Waals surface area contributed by atoms with Gasteiger partial charge in [0.2, 0.25) is 10.0 Å². The molecule has 0 radical (unpaired) electrons. The molecule has 1 amide bonds. The molecular weight excluding hydrogens is 352 g/mol. The molecule has 1 aromatic carbocycles. The highest BCUT2D eigenvalue weighted by Crippen LogP contribution is 2.24. The highest BCUT2D eigenvalue weighted by molar-refractivity contribution is 7.89. The van der Waals surface area contributed by atoms with Crippen LogP contribution in [0.2, 0.25) is 0 Å². The molecule has 0 bridgehead atoms. The smallest absolute Gasteiger partial charge is 0.251 e. The van der Waals surface area contributed by atoms with E-state index in [2.05, 4.69) is 5.32 Å². The zero-order valence-corrected chi connectivity index (χ0v) is 16.2. The lowest BCUT2D eigenvalue weighted by atomic mass is 9.89. The molecule has 1 N–H and O–H groups in total. The summed E-state index contributed by atoms with van der Waals surface area (Å²) in [7, 11) is -3.61. The summed E-state index contributed by atoms with van der Waals surface area (Å²) < 4.78 is 32.5. The van der Waals surface area contributed by atoms with E-state index >= 15 is 0 Å². The molecule has 0 atom stereocenters. The quantitative estimate of drug-likeness (QED) is 0.851. The number of nitrogens with zero attached hydrogens (tertiary/aromatic N) is 1. The van der Waals surface area contributed by atoms with Crippen molar-refractivity contribution in [3.63, 3.8) is 0 Å². The van der Waals surface area contributed by atoms with E-state index in [0.717, 1.165) is 12.8 Å². The minimum atomic E-state index is -3.61. The predicted octanol–water partition coefficient (Wildman–Crippen LogP) is 2.33. The van der Waals surface area contributed by atoms with Crippen LogP contribution in [0.4, 0.5) is 0 Å². The van der Waals surface area contributed by atoms with Gasteiger partial charge in [-0.25, -0.2) is 8.42 Å². The topological polar surface area (TPSA) is 75.7 Å². The first kappa shape index (κ1) is 19.3. The third-order valence-electron chi connectivity index (χ3n) is 5.31. The van der Waals surface area contributed by atoms with Crippen LogP contribution in [0.3, 0.4) is 0 Å². The van der Waals surface area contributed by atoms with Crippen molar-refractivity contribution in [3.8, 4) is 0 Å². The van der Waals surface area contributed by atoms with Gasteiger partial charge in [-0.15, -0.1) is 0 Å². The van der Waals surface area contributed by atoms with Crippen molar-refractivity contribution in [2.75, 3.05) is 32.8 Å². The van der Waals surface area contributed by atoms with Crippen molar-refractivity contribution < 1.29 is 17.9 Å². The highest BCUT2D eigenvalue weighted by atomic mass is 32.2. The van der Waals surface area contributed by atoms with Crippen molar-refractivity contribution in [1.29, 1.82) is 0 Å². The number of aryl methyl sites for hydroxylation is 1. The number of sulfonamides is 1. The summed E-state index contributed by atoms with van der Waals surface area (Å²) in [5.74, 6) is 0.337. The van der Waals surface area contributed by atoms with E-state index in [0.29, 0.717) is 49.9 Å². The molecule has 144 valence electrons. The number of hydrogen-bond acceptors (Lipinski definition) is 4. The number of carbonyl (C=O) groups is 1. The van der Waals surface area contributed by atoms with Gasteiger partial charge in [0.05, 0.1) is 18.1 Å². The number of rotatable bonds is 5. The molecule has 3 rings (SSSR count). The molecule has 7 heteroatoms. The van der Waals surface area contributed by atoms with Crippen LogP contribution in [0.25, 0.3) is 0 Å². The van der Waals surface area contributed by atoms with E-state index in [1.165, 1.54) is 29.6 Å². The van der Waals surface area contributed by atoms with Gasteiger partial charge in [0, 0.05) is 25.2 Å². The minimum Gasteiger partial charge on any atom is -0.379 e. The van der Waals surface area contributed by atoms with E-state index in [1.54, 1.807) is 19.1 Å². The van der Waals surface area contributed by atoms with Crippen LogP contribution in [0, 0.1) is 12.8 Å². The lowest BCUT2D eigenvalue weighted by Gasteiger charge is -2.27. The maximum absolute atomic E-state index is 12.9. The number of carbonyl (C=O) groups excluding carboxylic acids is 1. The van der Waals surface area contributed by atoms with Crippen LogP contribution < -0.4 is 5.32 Å². The van der Waals surface area contributed by atoms with E-state index in [1.807, 2.05) is 0 Å². The molecule has 1 saturated heterocycles. The third-order valence-corrected chi connectivity index (χ3v) is 7.35. The second-order valence-corrected chi connectivity index (χ2v) is 9.12. The average Bonchev–Trinajstić information content (AvgIpc) is 2.68. The molecule has 1 saturated carbocycles. The first-order valence-electron chi connectivity index (χ1n) is 9.45. The fourth-order valence-electron chi connectivity index (χ4n) is 3.68. The standard InChI is InChI=1S/C19H28N2O4S/c1-15-7-8-17(19(22)20-14-16-5-3-2-4-6-16)13-18(15)26(23,24)21-9-11-25-12-10-21/h7-8,13,16H,2-6,9-12,14H2,1H3,(H,20,22). The Morgan fingerprint density at radius 1 is 1.19 bits per heavy atom. The second-order valence-electron chi connectivity index (χ2n) is 7.21. The maximum Gasteiger partial charge on any atom is 0.251 e. The molecule has 0 spiro atoms. The number of morpholine rings is 1. The Labute approximate surface area is 156 Å². The van der Waals surface area contributed by atoms with Gasteiger partial charge < -0.3 is 10.1 Å². The summed E-state index contributed by atoms with van der Waals surface area (Å²) >= 11 is 0. The molecule has 2 aliphatic rings. The predicted molar refractivity (Wildman–Crippen MR) is 99.7 cm³/mol. The fraction of sp³-hybridized carbons (Fsp3) is 0.632. The molecular formula is C19H28N2O4S. The SMILES string of the molecule is Cc1ccc(C(=O)NCC2CCCCC2)cc1S(=O)(=O)N1CCOCC1. The number of amides is 1. The van der Waals surface area contributed by atoms with Crippen molar-refractivity contribution in [2.45, 2.75) is 43.9 Å². The second kappa shape index (κ2) is 8.50. The summed E-state index contributed by atoms with van der Waals surface area (Å²) in [5, 5.41) is 2.98. The molecule has 2 fully saturated rings. The zero-order valence-electron chi connectivity index (χ0n) is 15.4. The fourth-order valence-corrected chi connectivity index (χ4v) is 5.33. The number of nitrogens with one attached hydrogen (secondary N) is 1. The molecule has 6 nitrogen and oxygen atoms in total. The first-order chi connectivity index (χ1) is 12.5. The average molecular weight is 381 g/mol. The highest BCUT2D eigenvalue weighted by Gasteiger charge is 2.28. The van der Waals surface area contributed by atoms with Gasteiger partial charge in [-0.1, -0.05) is 25.3 Å². The molecule has 1 aromatic rings. The molecule has 0 unspecified atom stereocenters. The van der Waals surface area contributed by atoms with Gasteiger partial charge in [0.1, 0.15) is 0 Å². The molecule has 0 aromatic heterocycles. The summed E-state index contributed by atoms with van der Waals surface area (Å²) in [4.78, 5) is 12.7. The van der Waals surface area contributed by atoms with Crippen LogP contribution in [-0.4, -0.2) is 51.5 Å². The van der Waals surface area contributed by atoms with Crippen molar-refractivity contribution in [3.05, 3.63) is 29.3 Å². The maximum atomic E-state index is 12.9. The van der Waals surface area contributed by atoms with Crippen LogP contribution in [0.5, 0.6) is 0 Å². The van der Waals surface area contributed by atoms with Crippen LogP contribution in [0.1, 0.15) is 48.0 Å². The van der Waals surface area contributed by atoms with Crippen molar-refractivity contribution in [1.82, 2.24) is 9.62 Å². The summed E-state index contributed by atoms with van der Waals surface area (Å²) in [6.07, 6.45) is 6.06. The lowest BCUT2D eigenvalue weighted by Crippen LogP contribution is -2.41. The lowest BCUT2D eigenvalue weighted by molar-refractivity contribution is 0.0730. The zero-order chi connectivity index (χ0) is 18.6. The van der Waals surface area contributed by atoms with E-state index < -0.39 is 10.0 Å². The normalized spacial score (nSPS) is 20.0. The Morgan fingerprint density at radius 2 is 1.88 bits per heavy atom. The van der Waals surface area contributed by atoms with Crippen molar-refractivity contribution >= 4 is 15.9 Å². The Bertz CT molecular complexity index is 736. The monoisotopic (exact) mass is 380 g/mol. The summed E-state index contributed by atoms with van der Waals surface area (Å²) in [6, 6.07) is 4.92. The Morgan fingerprint density at radius 3 is 2.58 bits per heavy atom. The Hall–Kier alpha value is -1.44. The molecule has 1 aliphatic heterocycles. The van der Waals surface area contributed by atoms with E-state index in [4.69, 9.17) is 4.74 Å². The van der Waals surface area contributed by atoms with Gasteiger partial charge >= 0.3 is 0 Å². The Balaban J connectivity index is 1.73. The van der Waals surface area contributed by atoms with Crippen molar-refractivity contribution in [2.24, 2.45) is 5.92 Å². The first-order valence-corrected chi connectivity index (χ1v) is 10.9. The van der Waals surface area contributed by atoms with Gasteiger partial charge in [-0.2, -0.15) is 4.31 Å². The summed E-state index contributed by atoms with van der Waals surface area (Å²) in [6.45, 7) is 3.93. The molecule has 1 aliphatic carbocycles.